The van der Waals surface area contributed by atoms with Gasteiger partial charge < -0.3 is 29.9 Å². The Morgan fingerprint density at radius 1 is 1.00 bits per heavy atom. The van der Waals surface area contributed by atoms with Gasteiger partial charge in [0.1, 0.15) is 24.4 Å². The molecule has 8 heteroatoms. The molecule has 0 saturated carbocycles. The Balaban J connectivity index is 2.43. The highest BCUT2D eigenvalue weighted by Gasteiger charge is 2.42. The molecule has 1 aliphatic rings. The molecule has 5 atom stereocenters. The highest BCUT2D eigenvalue weighted by atomic mass is 17.1. The van der Waals surface area contributed by atoms with E-state index in [9.17, 15) is 10.2 Å². The molecule has 1 rings (SSSR count). The quantitative estimate of drug-likeness (QED) is 0.151. The van der Waals surface area contributed by atoms with Crippen LogP contribution in [0.5, 0.6) is 0 Å². The predicted octanol–water partition coefficient (Wildman–Crippen LogP) is -2.75. The second kappa shape index (κ2) is 5.68. The zero-order valence-electron chi connectivity index (χ0n) is 7.76. The van der Waals surface area contributed by atoms with Crippen LogP contribution in [0, 0.1) is 0 Å². The van der Waals surface area contributed by atoms with Gasteiger partial charge in [-0.1, -0.05) is 0 Å². The molecule has 1 saturated heterocycles. The van der Waals surface area contributed by atoms with Gasteiger partial charge in [-0.15, -0.1) is 0 Å². The highest BCUT2D eigenvalue weighted by molar-refractivity contribution is 4.88. The van der Waals surface area contributed by atoms with Gasteiger partial charge in [-0.2, -0.15) is 0 Å². The molecular formula is C7H14O8. The summed E-state index contributed by atoms with van der Waals surface area (Å²) in [7, 11) is 0. The van der Waals surface area contributed by atoms with Gasteiger partial charge in [-0.05, 0) is 0 Å². The van der Waals surface area contributed by atoms with Gasteiger partial charge in [-0.25, -0.2) is 10.1 Å². The first-order valence-corrected chi connectivity index (χ1v) is 4.29. The van der Waals surface area contributed by atoms with E-state index < -0.39 is 37.5 Å². The third-order valence-electron chi connectivity index (χ3n) is 2.11. The van der Waals surface area contributed by atoms with Gasteiger partial charge in [0.2, 0.25) is 0 Å². The summed E-state index contributed by atoms with van der Waals surface area (Å²) in [5, 5.41) is 44.8. The van der Waals surface area contributed by atoms with Crippen molar-refractivity contribution >= 4 is 0 Å². The predicted molar refractivity (Wildman–Crippen MR) is 43.4 cm³/mol. The van der Waals surface area contributed by atoms with Crippen molar-refractivity contribution in [1.82, 2.24) is 0 Å². The molecule has 8 nitrogen and oxygen atoms in total. The maximum Gasteiger partial charge on any atom is 0.184 e. The van der Waals surface area contributed by atoms with Crippen molar-refractivity contribution in [1.29, 1.82) is 0 Å². The normalized spacial score (nSPS) is 41.8. The number of hydrogen-bond donors (Lipinski definition) is 5. The molecule has 5 unspecified atom stereocenters. The van der Waals surface area contributed by atoms with E-state index in [1.807, 2.05) is 0 Å². The summed E-state index contributed by atoms with van der Waals surface area (Å²) in [4.78, 5) is 3.61. The summed E-state index contributed by atoms with van der Waals surface area (Å²) in [5.41, 5.74) is 0. The lowest BCUT2D eigenvalue weighted by molar-refractivity contribution is -0.318. The van der Waals surface area contributed by atoms with Crippen LogP contribution in [0.2, 0.25) is 0 Å². The van der Waals surface area contributed by atoms with Crippen LogP contribution >= 0.6 is 0 Å². The van der Waals surface area contributed by atoms with Crippen molar-refractivity contribution in [3.8, 4) is 0 Å². The van der Waals surface area contributed by atoms with Crippen LogP contribution in [0.1, 0.15) is 0 Å². The molecule has 0 aromatic carbocycles. The summed E-state index contributed by atoms with van der Waals surface area (Å²) in [6.07, 6.45) is -7.06. The van der Waals surface area contributed by atoms with E-state index in [2.05, 4.69) is 9.62 Å². The van der Waals surface area contributed by atoms with E-state index in [0.29, 0.717) is 0 Å². The summed E-state index contributed by atoms with van der Waals surface area (Å²) >= 11 is 0. The fourth-order valence-corrected chi connectivity index (χ4v) is 1.27. The number of aliphatic hydroxyl groups excluding tert-OH is 4. The highest BCUT2D eigenvalue weighted by Crippen LogP contribution is 2.19. The Hall–Kier alpha value is -0.320. The third-order valence-corrected chi connectivity index (χ3v) is 2.11. The lowest BCUT2D eigenvalue weighted by Crippen LogP contribution is -2.58. The van der Waals surface area contributed by atoms with Crippen LogP contribution < -0.4 is 0 Å². The Morgan fingerprint density at radius 3 is 2.27 bits per heavy atom. The standard InChI is InChI=1S/C7H14O8/c8-4-3(1-13-2-14-12)15-7(11)6(10)5(4)9/h3-12H,1-2H2. The van der Waals surface area contributed by atoms with E-state index >= 15 is 0 Å². The van der Waals surface area contributed by atoms with Crippen LogP contribution in [0.15, 0.2) is 0 Å². The van der Waals surface area contributed by atoms with Crippen molar-refractivity contribution in [2.75, 3.05) is 13.4 Å². The Morgan fingerprint density at radius 2 is 1.67 bits per heavy atom. The molecular weight excluding hydrogens is 212 g/mol. The Bertz CT molecular complexity index is 188. The molecule has 0 aliphatic carbocycles. The van der Waals surface area contributed by atoms with Gasteiger partial charge in [0, 0.05) is 0 Å². The van der Waals surface area contributed by atoms with Gasteiger partial charge in [0.15, 0.2) is 13.1 Å². The van der Waals surface area contributed by atoms with E-state index in [4.69, 9.17) is 20.2 Å². The van der Waals surface area contributed by atoms with E-state index in [1.165, 1.54) is 0 Å². The fourth-order valence-electron chi connectivity index (χ4n) is 1.27. The second-order valence-electron chi connectivity index (χ2n) is 3.15. The average molecular weight is 226 g/mol. The summed E-state index contributed by atoms with van der Waals surface area (Å²) in [6, 6.07) is 0. The molecule has 5 N–H and O–H groups in total. The summed E-state index contributed by atoms with van der Waals surface area (Å²) in [6.45, 7) is -0.635. The molecule has 1 fully saturated rings. The molecule has 1 heterocycles. The van der Waals surface area contributed by atoms with Gasteiger partial charge in [0.25, 0.3) is 0 Å². The number of ether oxygens (including phenoxy) is 2. The maximum absolute atomic E-state index is 9.40. The minimum atomic E-state index is -1.59. The monoisotopic (exact) mass is 226 g/mol. The topological polar surface area (TPSA) is 129 Å². The molecule has 15 heavy (non-hydrogen) atoms. The SMILES string of the molecule is OOCOCC1OC(O)C(O)C(O)C1O. The molecule has 0 aromatic heterocycles. The van der Waals surface area contributed by atoms with Crippen molar-refractivity contribution in [2.24, 2.45) is 0 Å². The molecule has 0 radical (unpaired) electrons. The van der Waals surface area contributed by atoms with Crippen LogP contribution in [-0.4, -0.2) is 69.8 Å². The summed E-state index contributed by atoms with van der Waals surface area (Å²) < 4.78 is 9.42. The van der Waals surface area contributed by atoms with Crippen LogP contribution in [-0.2, 0) is 14.4 Å². The number of rotatable bonds is 4. The van der Waals surface area contributed by atoms with Crippen molar-refractivity contribution in [3.63, 3.8) is 0 Å². The van der Waals surface area contributed by atoms with Crippen LogP contribution in [0.3, 0.4) is 0 Å². The zero-order valence-corrected chi connectivity index (χ0v) is 7.76. The maximum atomic E-state index is 9.40. The van der Waals surface area contributed by atoms with Gasteiger partial charge in [0.05, 0.1) is 6.61 Å². The lowest BCUT2D eigenvalue weighted by atomic mass is 9.99. The number of aliphatic hydroxyl groups is 4. The van der Waals surface area contributed by atoms with Gasteiger partial charge >= 0.3 is 0 Å². The molecule has 1 aliphatic heterocycles. The van der Waals surface area contributed by atoms with E-state index in [0.717, 1.165) is 0 Å². The largest absolute Gasteiger partial charge is 0.387 e. The number of hydrogen-bond acceptors (Lipinski definition) is 8. The van der Waals surface area contributed by atoms with Crippen molar-refractivity contribution < 1.29 is 40.0 Å². The van der Waals surface area contributed by atoms with Crippen LogP contribution in [0.4, 0.5) is 0 Å². The minimum Gasteiger partial charge on any atom is -0.387 e. The zero-order chi connectivity index (χ0) is 11.4. The molecule has 90 valence electrons. The average Bonchev–Trinajstić information content (AvgIpc) is 2.23. The van der Waals surface area contributed by atoms with Crippen molar-refractivity contribution in [2.45, 2.75) is 30.7 Å². The smallest absolute Gasteiger partial charge is 0.184 e. The van der Waals surface area contributed by atoms with Crippen LogP contribution in [0.25, 0.3) is 0 Å². The Kier molecular flexibility index (Phi) is 4.83. The third kappa shape index (κ3) is 3.06. The molecule has 0 amide bonds. The molecule has 0 aromatic rings. The van der Waals surface area contributed by atoms with Gasteiger partial charge in [-0.3, -0.25) is 0 Å². The lowest BCUT2D eigenvalue weighted by Gasteiger charge is -2.37. The fraction of sp³-hybridized carbons (Fsp3) is 1.00. The first-order valence-electron chi connectivity index (χ1n) is 4.29. The van der Waals surface area contributed by atoms with E-state index in [1.54, 1.807) is 0 Å². The summed E-state index contributed by atoms with van der Waals surface area (Å²) in [5.74, 6) is 0. The first-order chi connectivity index (χ1) is 7.07. The minimum absolute atomic E-state index is 0.206. The second-order valence-corrected chi connectivity index (χ2v) is 3.15. The molecule has 0 bridgehead atoms. The van der Waals surface area contributed by atoms with Crippen molar-refractivity contribution in [3.05, 3.63) is 0 Å². The van der Waals surface area contributed by atoms with E-state index in [-0.39, 0.29) is 6.61 Å². The molecule has 0 spiro atoms. The Labute approximate surface area is 85.2 Å². The first kappa shape index (κ1) is 12.7.